The number of allylic oxidation sites excluding steroid dienone is 14. The Labute approximate surface area is 616 Å². The topological polar surface area (TPSA) is 307 Å². The van der Waals surface area contributed by atoms with Crippen LogP contribution in [0.25, 0.3) is 0 Å². The summed E-state index contributed by atoms with van der Waals surface area (Å²) in [6.45, 7) is 1.72. The second kappa shape index (κ2) is 63.0. The van der Waals surface area contributed by atoms with Gasteiger partial charge < -0.3 is 89.9 Å². The molecule has 12 N–H and O–H groups in total. The van der Waals surface area contributed by atoms with E-state index in [9.17, 15) is 61.0 Å². The largest absolute Gasteiger partial charge is 0.394 e. The van der Waals surface area contributed by atoms with Crippen molar-refractivity contribution in [3.8, 4) is 0 Å². The van der Waals surface area contributed by atoms with Crippen molar-refractivity contribution in [2.75, 3.05) is 26.4 Å². The van der Waals surface area contributed by atoms with E-state index < -0.39 is 124 Å². The number of amides is 1. The number of carbonyl (C=O) groups is 1. The summed E-state index contributed by atoms with van der Waals surface area (Å²) in [5.41, 5.74) is 0. The number of rotatable bonds is 64. The van der Waals surface area contributed by atoms with E-state index in [-0.39, 0.29) is 18.9 Å². The molecule has 0 aromatic heterocycles. The molecule has 0 spiro atoms. The van der Waals surface area contributed by atoms with Crippen LogP contribution in [0.15, 0.2) is 85.1 Å². The molecule has 19 nitrogen and oxygen atoms in total. The molecule has 3 heterocycles. The summed E-state index contributed by atoms with van der Waals surface area (Å²) in [7, 11) is 0. The third kappa shape index (κ3) is 42.5. The van der Waals surface area contributed by atoms with Crippen LogP contribution < -0.4 is 5.32 Å². The first-order chi connectivity index (χ1) is 49.8. The number of carbonyl (C=O) groups excluding carboxylic acids is 1. The minimum Gasteiger partial charge on any atom is -0.394 e. The number of hydrogen-bond donors (Lipinski definition) is 12. The smallest absolute Gasteiger partial charge is 0.220 e. The van der Waals surface area contributed by atoms with Crippen LogP contribution in [0.4, 0.5) is 0 Å². The van der Waals surface area contributed by atoms with E-state index in [0.29, 0.717) is 12.8 Å². The van der Waals surface area contributed by atoms with Crippen molar-refractivity contribution < 1.29 is 89.4 Å². The summed E-state index contributed by atoms with van der Waals surface area (Å²) in [6.07, 6.45) is 56.6. The fourth-order valence-corrected chi connectivity index (χ4v) is 13.5. The summed E-state index contributed by atoms with van der Waals surface area (Å²) in [5.74, 6) is -0.243. The molecule has 102 heavy (non-hydrogen) atoms. The molecule has 592 valence electrons. The average Bonchev–Trinajstić information content (AvgIpc) is 0.781. The average molecular weight is 1450 g/mol. The second-order valence-electron chi connectivity index (χ2n) is 28.9. The molecule has 0 bridgehead atoms. The fraction of sp³-hybridized carbons (Fsp3) is 0.819. The number of ether oxygens (including phenoxy) is 6. The Morgan fingerprint density at radius 1 is 0.363 bits per heavy atom. The van der Waals surface area contributed by atoms with Gasteiger partial charge in [0, 0.05) is 6.42 Å². The Bertz CT molecular complexity index is 2170. The molecule has 3 aliphatic heterocycles. The quantitative estimate of drug-likeness (QED) is 0.0199. The molecule has 3 aliphatic rings. The standard InChI is InChI=1S/C83H147NO18/c1-3-5-7-9-11-13-15-17-19-21-23-25-27-28-29-30-31-32-33-34-35-36-37-38-39-41-43-45-47-49-51-53-55-57-59-61-71(89)84-66(67(88)60-58-56-54-52-50-48-46-44-42-40-26-24-22-20-18-16-14-12-10-8-6-4-2)65-97-81-77(95)74(92)79(69(63-86)99-81)102-83-78(96)75(93)80(70(64-87)100-83)101-82-76(94)73(91)72(90)68(62-85)98-82/h5,7,11,13,17,19,23,25,28-29,31-32,34-35,66-70,72-83,85-88,90-96H,3-4,6,8-10,12,14-16,18,20-22,24,26-27,30,33,36-65H2,1-2H3,(H,84,89)/b7-5-,13-11-,19-17-,25-23-,29-28-,32-31-,35-34-. The molecule has 17 atom stereocenters. The Morgan fingerprint density at radius 3 is 1.06 bits per heavy atom. The Balaban J connectivity index is 1.35. The molecule has 0 aliphatic carbocycles. The summed E-state index contributed by atoms with van der Waals surface area (Å²) in [5, 5.41) is 121. The van der Waals surface area contributed by atoms with Gasteiger partial charge in [-0.25, -0.2) is 0 Å². The van der Waals surface area contributed by atoms with E-state index in [2.05, 4.69) is 104 Å². The van der Waals surface area contributed by atoms with Crippen LogP contribution >= 0.6 is 0 Å². The van der Waals surface area contributed by atoms with E-state index in [0.717, 1.165) is 96.3 Å². The maximum atomic E-state index is 13.5. The second-order valence-corrected chi connectivity index (χ2v) is 28.9. The van der Waals surface area contributed by atoms with Gasteiger partial charge in [-0.1, -0.05) is 311 Å². The lowest BCUT2D eigenvalue weighted by atomic mass is 9.96. The molecular weight excluding hydrogens is 1300 g/mol. The highest BCUT2D eigenvalue weighted by molar-refractivity contribution is 5.76. The molecule has 3 saturated heterocycles. The van der Waals surface area contributed by atoms with Crippen LogP contribution in [0.1, 0.15) is 303 Å². The molecule has 0 aromatic carbocycles. The zero-order chi connectivity index (χ0) is 73.9. The van der Waals surface area contributed by atoms with Crippen LogP contribution in [0, 0.1) is 0 Å². The van der Waals surface area contributed by atoms with Crippen molar-refractivity contribution in [2.45, 2.75) is 407 Å². The van der Waals surface area contributed by atoms with E-state index >= 15 is 0 Å². The van der Waals surface area contributed by atoms with Crippen molar-refractivity contribution in [3.05, 3.63) is 85.1 Å². The molecule has 3 fully saturated rings. The lowest BCUT2D eigenvalue weighted by Gasteiger charge is -2.48. The van der Waals surface area contributed by atoms with Gasteiger partial charge in [-0.05, 0) is 70.6 Å². The van der Waals surface area contributed by atoms with Gasteiger partial charge in [0.25, 0.3) is 0 Å². The molecule has 0 radical (unpaired) electrons. The van der Waals surface area contributed by atoms with Gasteiger partial charge in [0.2, 0.25) is 5.91 Å². The van der Waals surface area contributed by atoms with Crippen molar-refractivity contribution in [2.24, 2.45) is 0 Å². The normalized spacial score (nSPS) is 26.6. The minimum atomic E-state index is -1.98. The fourth-order valence-electron chi connectivity index (χ4n) is 13.5. The van der Waals surface area contributed by atoms with Crippen molar-refractivity contribution in [1.29, 1.82) is 0 Å². The van der Waals surface area contributed by atoms with Crippen LogP contribution in [0.2, 0.25) is 0 Å². The van der Waals surface area contributed by atoms with Gasteiger partial charge in [0.05, 0.1) is 38.6 Å². The summed E-state index contributed by atoms with van der Waals surface area (Å²) in [4.78, 5) is 13.5. The Hall–Kier alpha value is -3.03. The third-order valence-corrected chi connectivity index (χ3v) is 20.0. The number of nitrogens with one attached hydrogen (secondary N) is 1. The first-order valence-electron chi connectivity index (χ1n) is 40.8. The summed E-state index contributed by atoms with van der Waals surface area (Å²) >= 11 is 0. The maximum absolute atomic E-state index is 13.5. The molecule has 0 saturated carbocycles. The van der Waals surface area contributed by atoms with Crippen LogP contribution in [-0.2, 0) is 33.2 Å². The van der Waals surface area contributed by atoms with Gasteiger partial charge in [-0.2, -0.15) is 0 Å². The molecular formula is C83H147NO18. The van der Waals surface area contributed by atoms with Gasteiger partial charge in [0.15, 0.2) is 18.9 Å². The lowest BCUT2D eigenvalue weighted by Crippen LogP contribution is -2.66. The molecule has 0 aromatic rings. The number of unbranched alkanes of at least 4 members (excludes halogenated alkanes) is 34. The highest BCUT2D eigenvalue weighted by Gasteiger charge is 2.54. The minimum absolute atomic E-state index is 0.243. The van der Waals surface area contributed by atoms with Gasteiger partial charge in [-0.15, -0.1) is 0 Å². The Kier molecular flexibility index (Phi) is 57.5. The number of aliphatic hydroxyl groups is 11. The zero-order valence-corrected chi connectivity index (χ0v) is 63.3. The van der Waals surface area contributed by atoms with E-state index in [4.69, 9.17) is 28.4 Å². The molecule has 19 heteroatoms. The lowest BCUT2D eigenvalue weighted by molar-refractivity contribution is -0.379. The van der Waals surface area contributed by atoms with Crippen molar-refractivity contribution in [1.82, 2.24) is 5.32 Å². The molecule has 1 amide bonds. The third-order valence-electron chi connectivity index (χ3n) is 20.0. The van der Waals surface area contributed by atoms with Gasteiger partial charge in [0.1, 0.15) is 73.2 Å². The summed E-state index contributed by atoms with van der Waals surface area (Å²) in [6, 6.07) is -0.894. The first kappa shape index (κ1) is 93.2. The number of aliphatic hydroxyl groups excluding tert-OH is 11. The highest BCUT2D eigenvalue weighted by atomic mass is 16.8. The number of hydrogen-bond acceptors (Lipinski definition) is 18. The predicted octanol–water partition coefficient (Wildman–Crippen LogP) is 13.8. The van der Waals surface area contributed by atoms with Crippen LogP contribution in [0.5, 0.6) is 0 Å². The van der Waals surface area contributed by atoms with Crippen molar-refractivity contribution in [3.63, 3.8) is 0 Å². The maximum Gasteiger partial charge on any atom is 0.220 e. The van der Waals surface area contributed by atoms with Gasteiger partial charge in [-0.3, -0.25) is 4.79 Å². The SMILES string of the molecule is CC/C=C\C/C=C\C/C=C\C/C=C\C/C=C\C/C=C\C/C=C\CCCCCCCCCCCCCCCC(=O)NC(COC1OC(CO)C(OC2OC(CO)C(OC3OC(CO)C(O)C(O)C3O)C(O)C2O)C(O)C1O)C(O)CCCCCCCCCCCCCCCCCCCCCCCC. The van der Waals surface area contributed by atoms with Gasteiger partial charge >= 0.3 is 0 Å². The predicted molar refractivity (Wildman–Crippen MR) is 406 cm³/mol. The highest BCUT2D eigenvalue weighted by Crippen LogP contribution is 2.33. The van der Waals surface area contributed by atoms with E-state index in [1.807, 2.05) is 0 Å². The van der Waals surface area contributed by atoms with Crippen LogP contribution in [-0.4, -0.2) is 193 Å². The monoisotopic (exact) mass is 1450 g/mol. The molecule has 3 rings (SSSR count). The van der Waals surface area contributed by atoms with E-state index in [1.54, 1.807) is 0 Å². The Morgan fingerprint density at radius 2 is 0.676 bits per heavy atom. The first-order valence-corrected chi connectivity index (χ1v) is 40.8. The summed E-state index contributed by atoms with van der Waals surface area (Å²) < 4.78 is 34.5. The molecule has 17 unspecified atom stereocenters. The van der Waals surface area contributed by atoms with Crippen LogP contribution in [0.3, 0.4) is 0 Å². The van der Waals surface area contributed by atoms with Crippen molar-refractivity contribution >= 4 is 5.91 Å². The van der Waals surface area contributed by atoms with E-state index in [1.165, 1.54) is 173 Å². The zero-order valence-electron chi connectivity index (χ0n) is 63.3.